The fourth-order valence-corrected chi connectivity index (χ4v) is 4.78. The smallest absolute Gasteiger partial charge is 0.234 e. The van der Waals surface area contributed by atoms with Crippen molar-refractivity contribution in [3.8, 4) is 5.69 Å². The van der Waals surface area contributed by atoms with Gasteiger partial charge in [-0.2, -0.15) is 5.10 Å². The van der Waals surface area contributed by atoms with Crippen molar-refractivity contribution in [1.29, 1.82) is 0 Å². The highest BCUT2D eigenvalue weighted by Gasteiger charge is 2.16. The monoisotopic (exact) mass is 464 g/mol. The van der Waals surface area contributed by atoms with Gasteiger partial charge >= 0.3 is 0 Å². The molecule has 0 fully saturated rings. The van der Waals surface area contributed by atoms with Crippen LogP contribution in [0, 0.1) is 27.7 Å². The number of hydrogen-bond donors (Lipinski definition) is 2. The molecule has 0 saturated heterocycles. The highest BCUT2D eigenvalue weighted by atomic mass is 32.2. The van der Waals surface area contributed by atoms with E-state index in [2.05, 4.69) is 51.9 Å². The van der Waals surface area contributed by atoms with Crippen LogP contribution in [0.3, 0.4) is 0 Å². The molecule has 7 nitrogen and oxygen atoms in total. The molecule has 0 aliphatic carbocycles. The van der Waals surface area contributed by atoms with E-state index in [1.807, 2.05) is 54.9 Å². The molecule has 0 aliphatic heterocycles. The quantitative estimate of drug-likeness (QED) is 0.355. The molecule has 0 radical (unpaired) electrons. The molecule has 0 atom stereocenters. The van der Waals surface area contributed by atoms with Crippen molar-refractivity contribution in [2.75, 3.05) is 16.4 Å². The second-order valence-electron chi connectivity index (χ2n) is 7.43. The summed E-state index contributed by atoms with van der Waals surface area (Å²) in [5, 5.41) is 19.9. The number of para-hydroxylation sites is 1. The highest BCUT2D eigenvalue weighted by molar-refractivity contribution is 8.01. The first kappa shape index (κ1) is 22.0. The van der Waals surface area contributed by atoms with Gasteiger partial charge in [0.2, 0.25) is 11.0 Å². The van der Waals surface area contributed by atoms with Crippen LogP contribution in [0.25, 0.3) is 5.69 Å². The summed E-state index contributed by atoms with van der Waals surface area (Å²) in [6, 6.07) is 16.0. The first-order chi connectivity index (χ1) is 15.4. The molecule has 0 aliphatic rings. The maximum Gasteiger partial charge on any atom is 0.234 e. The Morgan fingerprint density at radius 3 is 2.56 bits per heavy atom. The topological polar surface area (TPSA) is 84.7 Å². The van der Waals surface area contributed by atoms with Gasteiger partial charge in [0.05, 0.1) is 28.5 Å². The molecule has 32 heavy (non-hydrogen) atoms. The van der Waals surface area contributed by atoms with Crippen molar-refractivity contribution in [1.82, 2.24) is 20.0 Å². The zero-order valence-corrected chi connectivity index (χ0v) is 20.0. The molecule has 4 aromatic rings. The number of hydrogen-bond acceptors (Lipinski definition) is 7. The largest absolute Gasteiger partial charge is 0.330 e. The van der Waals surface area contributed by atoms with Crippen LogP contribution in [-0.2, 0) is 4.79 Å². The Hall–Kier alpha value is -3.17. The second-order valence-corrected chi connectivity index (χ2v) is 9.63. The summed E-state index contributed by atoms with van der Waals surface area (Å²) in [5.41, 5.74) is 6.81. The minimum atomic E-state index is -0.104. The lowest BCUT2D eigenvalue weighted by molar-refractivity contribution is -0.113. The van der Waals surface area contributed by atoms with E-state index >= 15 is 0 Å². The summed E-state index contributed by atoms with van der Waals surface area (Å²) in [5.74, 6) is 0.140. The molecule has 164 valence electrons. The Bertz CT molecular complexity index is 1250. The second kappa shape index (κ2) is 9.54. The predicted molar refractivity (Wildman–Crippen MR) is 131 cm³/mol. The van der Waals surface area contributed by atoms with Crippen molar-refractivity contribution in [3.05, 3.63) is 71.0 Å². The summed E-state index contributed by atoms with van der Waals surface area (Å²) < 4.78 is 2.58. The summed E-state index contributed by atoms with van der Waals surface area (Å²) in [7, 11) is 0. The lowest BCUT2D eigenvalue weighted by Gasteiger charge is -2.06. The van der Waals surface area contributed by atoms with Gasteiger partial charge in [-0.3, -0.25) is 4.79 Å². The van der Waals surface area contributed by atoms with E-state index < -0.39 is 0 Å². The van der Waals surface area contributed by atoms with E-state index in [9.17, 15) is 4.79 Å². The molecule has 2 heterocycles. The van der Waals surface area contributed by atoms with E-state index in [4.69, 9.17) is 0 Å². The number of aromatic nitrogens is 4. The number of nitrogens with zero attached hydrogens (tertiary/aromatic N) is 4. The van der Waals surface area contributed by atoms with Crippen molar-refractivity contribution < 1.29 is 4.79 Å². The zero-order chi connectivity index (χ0) is 22.7. The van der Waals surface area contributed by atoms with E-state index in [0.29, 0.717) is 5.13 Å². The maximum absolute atomic E-state index is 12.6. The number of anilines is 3. The highest BCUT2D eigenvalue weighted by Crippen LogP contribution is 2.29. The van der Waals surface area contributed by atoms with Gasteiger partial charge in [0.25, 0.3) is 0 Å². The number of rotatable bonds is 7. The van der Waals surface area contributed by atoms with E-state index in [1.165, 1.54) is 34.2 Å². The SMILES string of the molecule is Cc1ccc(Nc2nnc(SCC(=O)Nc3c(C)nn(-c4ccccc4)c3C)s2)cc1C. The molecule has 2 aromatic carbocycles. The van der Waals surface area contributed by atoms with Crippen molar-refractivity contribution in [2.45, 2.75) is 32.0 Å². The lowest BCUT2D eigenvalue weighted by atomic mass is 10.1. The van der Waals surface area contributed by atoms with Gasteiger partial charge in [-0.1, -0.05) is 47.4 Å². The lowest BCUT2D eigenvalue weighted by Crippen LogP contribution is -2.15. The molecule has 4 rings (SSSR count). The van der Waals surface area contributed by atoms with Crippen LogP contribution >= 0.6 is 23.1 Å². The number of nitrogens with one attached hydrogen (secondary N) is 2. The van der Waals surface area contributed by atoms with Crippen LogP contribution in [0.1, 0.15) is 22.5 Å². The number of carbonyl (C=O) groups is 1. The van der Waals surface area contributed by atoms with Crippen molar-refractivity contribution >= 4 is 45.5 Å². The molecular formula is C23H24N6OS2. The summed E-state index contributed by atoms with van der Waals surface area (Å²) in [6.45, 7) is 8.00. The standard InChI is InChI=1S/C23H24N6OS2/c1-14-10-11-18(12-15(14)2)24-22-26-27-23(32-22)31-13-20(30)25-21-16(3)28-29(17(21)4)19-8-6-5-7-9-19/h5-12H,13H2,1-4H3,(H,24,26)(H,25,30). The number of thioether (sulfide) groups is 1. The first-order valence-electron chi connectivity index (χ1n) is 10.1. The normalized spacial score (nSPS) is 10.9. The van der Waals surface area contributed by atoms with Crippen LogP contribution in [0.5, 0.6) is 0 Å². The molecule has 0 spiro atoms. The molecule has 2 aromatic heterocycles. The van der Waals surface area contributed by atoms with Gasteiger partial charge in [0, 0.05) is 5.69 Å². The Balaban J connectivity index is 1.36. The first-order valence-corrected chi connectivity index (χ1v) is 11.9. The molecule has 0 bridgehead atoms. The van der Waals surface area contributed by atoms with Gasteiger partial charge < -0.3 is 10.6 Å². The molecule has 0 saturated carbocycles. The molecule has 2 N–H and O–H groups in total. The number of amides is 1. The van der Waals surface area contributed by atoms with E-state index in [1.54, 1.807) is 0 Å². The number of carbonyl (C=O) groups excluding carboxylic acids is 1. The Morgan fingerprint density at radius 2 is 1.81 bits per heavy atom. The van der Waals surface area contributed by atoms with E-state index in [-0.39, 0.29) is 11.7 Å². The number of benzene rings is 2. The fourth-order valence-electron chi connectivity index (χ4n) is 3.21. The number of aryl methyl sites for hydroxylation is 3. The van der Waals surface area contributed by atoms with Gasteiger partial charge in [0.1, 0.15) is 0 Å². The maximum atomic E-state index is 12.6. The Labute approximate surface area is 195 Å². The third-order valence-electron chi connectivity index (χ3n) is 5.05. The Kier molecular flexibility index (Phi) is 6.57. The summed E-state index contributed by atoms with van der Waals surface area (Å²) in [6.07, 6.45) is 0. The average molecular weight is 465 g/mol. The van der Waals surface area contributed by atoms with Crippen molar-refractivity contribution in [2.24, 2.45) is 0 Å². The average Bonchev–Trinajstić information content (AvgIpc) is 3.34. The predicted octanol–water partition coefficient (Wildman–Crippen LogP) is 5.43. The molecular weight excluding hydrogens is 440 g/mol. The van der Waals surface area contributed by atoms with Crippen molar-refractivity contribution in [3.63, 3.8) is 0 Å². The van der Waals surface area contributed by atoms with Gasteiger partial charge in [0.15, 0.2) is 4.34 Å². The van der Waals surface area contributed by atoms with Crippen LogP contribution < -0.4 is 10.6 Å². The van der Waals surface area contributed by atoms with Crippen LogP contribution in [0.2, 0.25) is 0 Å². The van der Waals surface area contributed by atoms with Crippen LogP contribution in [-0.4, -0.2) is 31.6 Å². The summed E-state index contributed by atoms with van der Waals surface area (Å²) in [4.78, 5) is 12.6. The van der Waals surface area contributed by atoms with Crippen LogP contribution in [0.4, 0.5) is 16.5 Å². The van der Waals surface area contributed by atoms with Gasteiger partial charge in [-0.15, -0.1) is 10.2 Å². The Morgan fingerprint density at radius 1 is 1.03 bits per heavy atom. The van der Waals surface area contributed by atoms with Gasteiger partial charge in [-0.05, 0) is 63.1 Å². The van der Waals surface area contributed by atoms with Gasteiger partial charge in [-0.25, -0.2) is 4.68 Å². The molecule has 1 amide bonds. The fraction of sp³-hybridized carbons (Fsp3) is 0.217. The minimum absolute atomic E-state index is 0.104. The third-order valence-corrected chi connectivity index (χ3v) is 7.02. The minimum Gasteiger partial charge on any atom is -0.330 e. The molecule has 9 heteroatoms. The van der Waals surface area contributed by atoms with E-state index in [0.717, 1.165) is 32.8 Å². The third kappa shape index (κ3) is 5.00. The zero-order valence-electron chi connectivity index (χ0n) is 18.3. The summed E-state index contributed by atoms with van der Waals surface area (Å²) >= 11 is 2.79. The van der Waals surface area contributed by atoms with Crippen LogP contribution in [0.15, 0.2) is 52.9 Å². The molecule has 0 unspecified atom stereocenters.